The molecule has 26 valence electrons. The Hall–Kier alpha value is -0.260. The molecule has 5 heavy (non-hydrogen) atoms. The van der Waals surface area contributed by atoms with Crippen LogP contribution >= 0.6 is 0 Å². The normalized spacial score (nSPS) is 7.00. The topological polar surface area (TPSA) is 20.2 Å². The van der Waals surface area contributed by atoms with Crippen LogP contribution in [0.3, 0.4) is 0 Å². The van der Waals surface area contributed by atoms with Crippen LogP contribution in [0.2, 0.25) is 0 Å². The first-order valence-corrected chi connectivity index (χ1v) is 1.42. The van der Waals surface area contributed by atoms with E-state index in [9.17, 15) is 0 Å². The molecule has 0 heterocycles. The summed E-state index contributed by atoms with van der Waals surface area (Å²) in [5.41, 5.74) is 0. The van der Waals surface area contributed by atoms with Crippen LogP contribution in [0.25, 0.3) is 0 Å². The summed E-state index contributed by atoms with van der Waals surface area (Å²) in [6.07, 6.45) is 6.55. The van der Waals surface area contributed by atoms with Crippen molar-refractivity contribution in [2.45, 2.75) is 6.42 Å². The molecule has 0 aromatic heterocycles. The maximum absolute atomic E-state index is 7.88. The van der Waals surface area contributed by atoms with E-state index in [2.05, 4.69) is 0 Å². The molecular weight excluding hydrogens is 64.0 g/mol. The molecule has 0 aromatic carbocycles. The van der Waals surface area contributed by atoms with E-state index in [0.29, 0.717) is 6.42 Å². The van der Waals surface area contributed by atoms with Crippen LogP contribution < -0.4 is 0 Å². The summed E-state index contributed by atoms with van der Waals surface area (Å²) in [5.74, 6) is 2.02. The summed E-state index contributed by atoms with van der Waals surface area (Å²) >= 11 is 0. The minimum absolute atomic E-state index is 0.0451. The van der Waals surface area contributed by atoms with Gasteiger partial charge in [-0.05, 0) is 0 Å². The van der Waals surface area contributed by atoms with E-state index in [-0.39, 0.29) is 6.61 Å². The summed E-state index contributed by atoms with van der Waals surface area (Å²) in [7, 11) is 0. The molecule has 0 saturated heterocycles. The van der Waals surface area contributed by atoms with Gasteiger partial charge in [-0.3, -0.25) is 0 Å². The molecule has 0 bridgehead atoms. The van der Waals surface area contributed by atoms with Crippen molar-refractivity contribution in [1.29, 1.82) is 0 Å². The van der Waals surface area contributed by atoms with E-state index in [0.717, 1.165) is 0 Å². The summed E-state index contributed by atoms with van der Waals surface area (Å²) in [6, 6.07) is 0. The average Bonchev–Trinajstić information content (AvgIpc) is 1.41. The second kappa shape index (κ2) is 3.74. The molecule has 0 aliphatic rings. The Balaban J connectivity index is 2.48. The van der Waals surface area contributed by atoms with Crippen molar-refractivity contribution in [1.82, 2.24) is 0 Å². The SMILES string of the molecule is [C+]#CCCO. The Labute approximate surface area is 31.6 Å². The van der Waals surface area contributed by atoms with E-state index in [4.69, 9.17) is 11.5 Å². The number of aliphatic hydroxyl groups excluding tert-OH is 1. The molecule has 0 aliphatic carbocycles. The number of hydrogen-bond donors (Lipinski definition) is 1. The molecule has 0 aliphatic heterocycles. The van der Waals surface area contributed by atoms with Crippen LogP contribution in [0.5, 0.6) is 0 Å². The summed E-state index contributed by atoms with van der Waals surface area (Å²) in [6.45, 7) is 0.0451. The molecule has 0 rings (SSSR count). The van der Waals surface area contributed by atoms with Crippen molar-refractivity contribution in [3.8, 4) is 5.92 Å². The fraction of sp³-hybridized carbons (Fsp3) is 0.500. The van der Waals surface area contributed by atoms with Gasteiger partial charge in [0.1, 0.15) is 0 Å². The van der Waals surface area contributed by atoms with Crippen LogP contribution in [-0.4, -0.2) is 11.7 Å². The zero-order chi connectivity index (χ0) is 4.12. The first-order valence-electron chi connectivity index (χ1n) is 1.42. The molecular formula is C4H5O+. The van der Waals surface area contributed by atoms with E-state index in [1.54, 1.807) is 0 Å². The molecule has 0 radical (unpaired) electrons. The third-order valence-electron chi connectivity index (χ3n) is 0.237. The van der Waals surface area contributed by atoms with Gasteiger partial charge in [-0.15, -0.1) is 0 Å². The Morgan fingerprint density at radius 1 is 1.80 bits per heavy atom. The summed E-state index contributed by atoms with van der Waals surface area (Å²) in [5, 5.41) is 7.88. The van der Waals surface area contributed by atoms with E-state index in [1.165, 1.54) is 0 Å². The van der Waals surface area contributed by atoms with Gasteiger partial charge in [0.25, 0.3) is 0 Å². The Kier molecular flexibility index (Phi) is 3.55. The van der Waals surface area contributed by atoms with Gasteiger partial charge in [0, 0.05) is 0 Å². The van der Waals surface area contributed by atoms with Crippen molar-refractivity contribution in [3.63, 3.8) is 0 Å². The fourth-order valence-corrected chi connectivity index (χ4v) is 0.0559. The third kappa shape index (κ3) is 3.74. The van der Waals surface area contributed by atoms with Crippen LogP contribution in [0.4, 0.5) is 0 Å². The molecule has 0 saturated carbocycles. The van der Waals surface area contributed by atoms with Crippen LogP contribution in [0, 0.1) is 12.3 Å². The van der Waals surface area contributed by atoms with Crippen molar-refractivity contribution in [2.75, 3.05) is 6.61 Å². The first kappa shape index (κ1) is 4.74. The number of hydrogen-bond acceptors (Lipinski definition) is 1. The molecule has 1 heteroatoms. The Bertz CT molecular complexity index is 42.1. The summed E-state index contributed by atoms with van der Waals surface area (Å²) < 4.78 is 0. The van der Waals surface area contributed by atoms with Gasteiger partial charge in [0.05, 0.1) is 0 Å². The zero-order valence-corrected chi connectivity index (χ0v) is 2.86. The van der Waals surface area contributed by atoms with Crippen molar-refractivity contribution in [2.24, 2.45) is 0 Å². The van der Waals surface area contributed by atoms with Gasteiger partial charge in [-0.2, -0.15) is 0 Å². The Morgan fingerprint density at radius 2 is 2.40 bits per heavy atom. The van der Waals surface area contributed by atoms with Crippen LogP contribution in [0.15, 0.2) is 0 Å². The van der Waals surface area contributed by atoms with E-state index >= 15 is 0 Å². The minimum atomic E-state index is 0.0451. The van der Waals surface area contributed by atoms with Gasteiger partial charge in [0.15, 0.2) is 0 Å². The zero-order valence-electron chi connectivity index (χ0n) is 2.86. The summed E-state index contributed by atoms with van der Waals surface area (Å²) in [4.78, 5) is 0. The number of rotatable bonds is 1. The predicted octanol–water partition coefficient (Wildman–Crippen LogP) is -0.0414. The number of aliphatic hydroxyl groups is 1. The first-order chi connectivity index (χ1) is 2.41. The van der Waals surface area contributed by atoms with Crippen molar-refractivity contribution < 1.29 is 5.11 Å². The van der Waals surface area contributed by atoms with Gasteiger partial charge in [0.2, 0.25) is 0 Å². The third-order valence-corrected chi connectivity index (χ3v) is 0.237. The van der Waals surface area contributed by atoms with Crippen LogP contribution in [0.1, 0.15) is 6.42 Å². The second-order valence-electron chi connectivity index (χ2n) is 0.650. The fourth-order valence-electron chi connectivity index (χ4n) is 0.0559. The molecule has 0 atom stereocenters. The van der Waals surface area contributed by atoms with Crippen molar-refractivity contribution >= 4 is 0 Å². The van der Waals surface area contributed by atoms with Gasteiger partial charge in [-0.25, -0.2) is 0 Å². The van der Waals surface area contributed by atoms with Gasteiger partial charge >= 0.3 is 30.5 Å². The van der Waals surface area contributed by atoms with Gasteiger partial charge in [-0.1, -0.05) is 0 Å². The average molecular weight is 69.1 g/mol. The molecule has 0 unspecified atom stereocenters. The van der Waals surface area contributed by atoms with Crippen molar-refractivity contribution in [3.05, 3.63) is 6.42 Å². The van der Waals surface area contributed by atoms with Gasteiger partial charge < -0.3 is 0 Å². The second-order valence-corrected chi connectivity index (χ2v) is 0.650. The van der Waals surface area contributed by atoms with E-state index < -0.39 is 0 Å². The molecule has 0 amide bonds. The predicted molar refractivity (Wildman–Crippen MR) is 18.8 cm³/mol. The molecule has 1 nitrogen and oxygen atoms in total. The quantitative estimate of drug-likeness (QED) is 0.338. The Morgan fingerprint density at radius 3 is 2.40 bits per heavy atom. The van der Waals surface area contributed by atoms with E-state index in [1.807, 2.05) is 5.92 Å². The standard InChI is InChI=1S/C4H5O/c1-2-3-4-5/h5H,3-4H2/q+1. The monoisotopic (exact) mass is 69.0 g/mol. The molecule has 0 spiro atoms. The maximum atomic E-state index is 7.88. The molecule has 0 fully saturated rings. The molecule has 1 N–H and O–H groups in total. The van der Waals surface area contributed by atoms with Crippen LogP contribution in [-0.2, 0) is 0 Å². The molecule has 0 aromatic rings.